The van der Waals surface area contributed by atoms with Crippen LogP contribution in [0.5, 0.6) is 5.75 Å². The van der Waals surface area contributed by atoms with E-state index in [2.05, 4.69) is 4.98 Å². The van der Waals surface area contributed by atoms with E-state index in [1.165, 1.54) is 12.1 Å². The highest BCUT2D eigenvalue weighted by Gasteiger charge is 2.12. The number of nitrogens with one attached hydrogen (secondary N) is 1. The second kappa shape index (κ2) is 2.77. The van der Waals surface area contributed by atoms with E-state index in [0.717, 1.165) is 16.5 Å². The SMILES string of the molecule is Cc1c[nH]c2cc(O)c(C(=O)O)cc12. The van der Waals surface area contributed by atoms with Crippen LogP contribution in [0.4, 0.5) is 0 Å². The Morgan fingerprint density at radius 1 is 1.43 bits per heavy atom. The Bertz CT molecular complexity index is 513. The van der Waals surface area contributed by atoms with Crippen molar-refractivity contribution in [1.29, 1.82) is 0 Å². The normalized spacial score (nSPS) is 10.6. The molecule has 4 heteroatoms. The lowest BCUT2D eigenvalue weighted by Gasteiger charge is -1.99. The van der Waals surface area contributed by atoms with Crippen LogP contribution in [0.1, 0.15) is 15.9 Å². The van der Waals surface area contributed by atoms with Crippen molar-refractivity contribution in [2.75, 3.05) is 0 Å². The molecule has 72 valence electrons. The summed E-state index contributed by atoms with van der Waals surface area (Å²) in [6.07, 6.45) is 1.77. The molecular weight excluding hydrogens is 182 g/mol. The highest BCUT2D eigenvalue weighted by atomic mass is 16.4. The number of carboxylic acids is 1. The first-order valence-corrected chi connectivity index (χ1v) is 4.13. The molecule has 1 heterocycles. The van der Waals surface area contributed by atoms with E-state index in [1.54, 1.807) is 6.20 Å². The summed E-state index contributed by atoms with van der Waals surface area (Å²) in [6, 6.07) is 2.89. The summed E-state index contributed by atoms with van der Waals surface area (Å²) in [4.78, 5) is 13.7. The predicted molar refractivity (Wildman–Crippen MR) is 51.7 cm³/mol. The van der Waals surface area contributed by atoms with E-state index in [-0.39, 0.29) is 11.3 Å². The largest absolute Gasteiger partial charge is 0.507 e. The van der Waals surface area contributed by atoms with Crippen molar-refractivity contribution in [3.05, 3.63) is 29.5 Å². The third-order valence-corrected chi connectivity index (χ3v) is 2.24. The third-order valence-electron chi connectivity index (χ3n) is 2.24. The number of aryl methyl sites for hydroxylation is 1. The Kier molecular flexibility index (Phi) is 1.70. The van der Waals surface area contributed by atoms with E-state index in [0.29, 0.717) is 0 Å². The predicted octanol–water partition coefficient (Wildman–Crippen LogP) is 1.88. The zero-order valence-corrected chi connectivity index (χ0v) is 7.53. The maximum absolute atomic E-state index is 10.7. The average molecular weight is 191 g/mol. The van der Waals surface area contributed by atoms with Gasteiger partial charge in [0, 0.05) is 23.2 Å². The van der Waals surface area contributed by atoms with Gasteiger partial charge in [0.1, 0.15) is 11.3 Å². The number of hydrogen-bond donors (Lipinski definition) is 3. The van der Waals surface area contributed by atoms with Crippen molar-refractivity contribution in [1.82, 2.24) is 4.98 Å². The summed E-state index contributed by atoms with van der Waals surface area (Å²) in [6.45, 7) is 1.88. The molecule has 1 aromatic carbocycles. The summed E-state index contributed by atoms with van der Waals surface area (Å²) in [5.41, 5.74) is 1.63. The molecule has 0 aliphatic heterocycles. The number of aromatic carboxylic acids is 1. The highest BCUT2D eigenvalue weighted by Crippen LogP contribution is 2.26. The third kappa shape index (κ3) is 1.12. The number of H-pyrrole nitrogens is 1. The molecular formula is C10H9NO3. The Balaban J connectivity index is 2.80. The van der Waals surface area contributed by atoms with Crippen molar-refractivity contribution in [2.45, 2.75) is 6.92 Å². The maximum Gasteiger partial charge on any atom is 0.339 e. The lowest BCUT2D eigenvalue weighted by atomic mass is 10.1. The van der Waals surface area contributed by atoms with E-state index in [1.807, 2.05) is 6.92 Å². The lowest BCUT2D eigenvalue weighted by Crippen LogP contribution is -1.96. The van der Waals surface area contributed by atoms with Crippen LogP contribution in [0.15, 0.2) is 18.3 Å². The fourth-order valence-corrected chi connectivity index (χ4v) is 1.47. The van der Waals surface area contributed by atoms with Gasteiger partial charge in [-0.3, -0.25) is 0 Å². The van der Waals surface area contributed by atoms with Crippen LogP contribution in [0, 0.1) is 6.92 Å². The molecule has 2 aromatic rings. The van der Waals surface area contributed by atoms with Crippen LogP contribution in [0.25, 0.3) is 10.9 Å². The summed E-state index contributed by atoms with van der Waals surface area (Å²) >= 11 is 0. The Labute approximate surface area is 79.8 Å². The molecule has 1 aromatic heterocycles. The minimum atomic E-state index is -1.12. The number of aromatic amines is 1. The van der Waals surface area contributed by atoms with Crippen LogP contribution < -0.4 is 0 Å². The molecule has 0 atom stereocenters. The van der Waals surface area contributed by atoms with E-state index >= 15 is 0 Å². The van der Waals surface area contributed by atoms with Gasteiger partial charge in [-0.15, -0.1) is 0 Å². The van der Waals surface area contributed by atoms with E-state index in [4.69, 9.17) is 5.11 Å². The first-order chi connectivity index (χ1) is 6.59. The van der Waals surface area contributed by atoms with Gasteiger partial charge in [0.2, 0.25) is 0 Å². The lowest BCUT2D eigenvalue weighted by molar-refractivity contribution is 0.0694. The number of rotatable bonds is 1. The molecule has 2 rings (SSSR count). The smallest absolute Gasteiger partial charge is 0.339 e. The quantitative estimate of drug-likeness (QED) is 0.644. The number of aromatic hydroxyl groups is 1. The first-order valence-electron chi connectivity index (χ1n) is 4.13. The highest BCUT2D eigenvalue weighted by molar-refractivity contribution is 5.97. The van der Waals surface area contributed by atoms with Crippen molar-refractivity contribution in [3.63, 3.8) is 0 Å². The zero-order chi connectivity index (χ0) is 10.3. The molecule has 4 nitrogen and oxygen atoms in total. The van der Waals surface area contributed by atoms with Gasteiger partial charge in [-0.2, -0.15) is 0 Å². The van der Waals surface area contributed by atoms with Gasteiger partial charge in [-0.25, -0.2) is 4.79 Å². The van der Waals surface area contributed by atoms with Gasteiger partial charge in [0.05, 0.1) is 0 Å². The number of carboxylic acid groups (broad SMARTS) is 1. The zero-order valence-electron chi connectivity index (χ0n) is 7.53. The molecule has 0 bridgehead atoms. The molecule has 3 N–H and O–H groups in total. The summed E-state index contributed by atoms with van der Waals surface area (Å²) in [7, 11) is 0. The molecule has 0 aliphatic carbocycles. The minimum absolute atomic E-state index is 0.0693. The van der Waals surface area contributed by atoms with Crippen molar-refractivity contribution in [2.24, 2.45) is 0 Å². The fraction of sp³-hybridized carbons (Fsp3) is 0.100. The standard InChI is InChI=1S/C10H9NO3/c1-5-4-11-8-3-9(12)7(10(13)14)2-6(5)8/h2-4,11-12H,1H3,(H,13,14). The number of aromatic nitrogens is 1. The van der Waals surface area contributed by atoms with Gasteiger partial charge < -0.3 is 15.2 Å². The number of phenols is 1. The molecule has 0 amide bonds. The maximum atomic E-state index is 10.7. The van der Waals surface area contributed by atoms with Crippen molar-refractivity contribution < 1.29 is 15.0 Å². The second-order valence-corrected chi connectivity index (χ2v) is 3.19. The average Bonchev–Trinajstić information content (AvgIpc) is 2.46. The van der Waals surface area contributed by atoms with Crippen LogP contribution in [-0.4, -0.2) is 21.2 Å². The fourth-order valence-electron chi connectivity index (χ4n) is 1.47. The Hall–Kier alpha value is -1.97. The molecule has 0 saturated carbocycles. The monoisotopic (exact) mass is 191 g/mol. The number of benzene rings is 1. The Morgan fingerprint density at radius 2 is 2.14 bits per heavy atom. The summed E-state index contributed by atoms with van der Waals surface area (Å²) in [5.74, 6) is -1.34. The van der Waals surface area contributed by atoms with Crippen LogP contribution in [0.2, 0.25) is 0 Å². The molecule has 0 aliphatic rings. The van der Waals surface area contributed by atoms with Crippen molar-refractivity contribution in [3.8, 4) is 5.75 Å². The molecule has 0 radical (unpaired) electrons. The molecule has 0 saturated heterocycles. The summed E-state index contributed by atoms with van der Waals surface area (Å²) < 4.78 is 0. The number of hydrogen-bond acceptors (Lipinski definition) is 2. The molecule has 0 fully saturated rings. The second-order valence-electron chi connectivity index (χ2n) is 3.19. The molecule has 0 spiro atoms. The van der Waals surface area contributed by atoms with Gasteiger partial charge in [0.25, 0.3) is 0 Å². The van der Waals surface area contributed by atoms with Gasteiger partial charge >= 0.3 is 5.97 Å². The topological polar surface area (TPSA) is 73.3 Å². The van der Waals surface area contributed by atoms with Gasteiger partial charge in [-0.1, -0.05) is 0 Å². The van der Waals surface area contributed by atoms with Gasteiger partial charge in [-0.05, 0) is 18.6 Å². The molecule has 0 unspecified atom stereocenters. The number of fused-ring (bicyclic) bond motifs is 1. The van der Waals surface area contributed by atoms with Crippen molar-refractivity contribution >= 4 is 16.9 Å². The summed E-state index contributed by atoms with van der Waals surface area (Å²) in [5, 5.41) is 19.0. The van der Waals surface area contributed by atoms with Crippen LogP contribution >= 0.6 is 0 Å². The Morgan fingerprint density at radius 3 is 2.79 bits per heavy atom. The van der Waals surface area contributed by atoms with E-state index in [9.17, 15) is 9.90 Å². The minimum Gasteiger partial charge on any atom is -0.507 e. The van der Waals surface area contributed by atoms with E-state index < -0.39 is 5.97 Å². The number of carbonyl (C=O) groups is 1. The van der Waals surface area contributed by atoms with Crippen LogP contribution in [-0.2, 0) is 0 Å². The van der Waals surface area contributed by atoms with Crippen LogP contribution in [0.3, 0.4) is 0 Å². The molecule has 14 heavy (non-hydrogen) atoms. The van der Waals surface area contributed by atoms with Gasteiger partial charge in [0.15, 0.2) is 0 Å². The first kappa shape index (κ1) is 8.62.